The van der Waals surface area contributed by atoms with Crippen LogP contribution in [0.2, 0.25) is 5.02 Å². The Morgan fingerprint density at radius 2 is 2.18 bits per heavy atom. The molecule has 2 heterocycles. The lowest BCUT2D eigenvalue weighted by molar-refractivity contribution is -0.215. The Morgan fingerprint density at radius 1 is 1.45 bits per heavy atom. The zero-order valence-electron chi connectivity index (χ0n) is 11.5. The Morgan fingerprint density at radius 3 is 2.86 bits per heavy atom. The molecule has 0 spiro atoms. The van der Waals surface area contributed by atoms with E-state index >= 15 is 0 Å². The SMILES string of the molecule is CC1(O)CC(c2nc(F)nc3c(F)c(Br)c(Cl)cc23)CCO1. The predicted molar refractivity (Wildman–Crippen MR) is 80.7 cm³/mol. The summed E-state index contributed by atoms with van der Waals surface area (Å²) in [6.07, 6.45) is -0.244. The molecule has 4 nitrogen and oxygen atoms in total. The number of rotatable bonds is 1. The van der Waals surface area contributed by atoms with Crippen LogP contribution in [0.5, 0.6) is 0 Å². The van der Waals surface area contributed by atoms with Gasteiger partial charge in [-0.15, -0.1) is 0 Å². The van der Waals surface area contributed by atoms with Gasteiger partial charge in [-0.05, 0) is 35.3 Å². The van der Waals surface area contributed by atoms with Gasteiger partial charge < -0.3 is 9.84 Å². The highest BCUT2D eigenvalue weighted by molar-refractivity contribution is 9.10. The first kappa shape index (κ1) is 16.0. The molecule has 0 saturated carbocycles. The zero-order valence-corrected chi connectivity index (χ0v) is 13.9. The lowest BCUT2D eigenvalue weighted by Crippen LogP contribution is -2.36. The number of ether oxygens (including phenoxy) is 1. The third-order valence-electron chi connectivity index (χ3n) is 3.72. The molecule has 22 heavy (non-hydrogen) atoms. The molecule has 1 aliphatic rings. The van der Waals surface area contributed by atoms with Crippen LogP contribution in [0.1, 0.15) is 31.4 Å². The van der Waals surface area contributed by atoms with E-state index in [0.29, 0.717) is 24.1 Å². The van der Waals surface area contributed by atoms with Gasteiger partial charge in [0.05, 0.1) is 21.8 Å². The minimum atomic E-state index is -1.33. The van der Waals surface area contributed by atoms with Crippen molar-refractivity contribution in [3.63, 3.8) is 0 Å². The van der Waals surface area contributed by atoms with Gasteiger partial charge in [0.25, 0.3) is 0 Å². The molecule has 8 heteroatoms. The van der Waals surface area contributed by atoms with Crippen molar-refractivity contribution in [3.8, 4) is 0 Å². The molecule has 0 aliphatic carbocycles. The molecule has 0 amide bonds. The second-order valence-corrected chi connectivity index (χ2v) is 6.67. The molecule has 0 radical (unpaired) electrons. The number of aliphatic hydroxyl groups is 1. The average Bonchev–Trinajstić information content (AvgIpc) is 2.44. The second kappa shape index (κ2) is 5.63. The van der Waals surface area contributed by atoms with E-state index in [1.165, 1.54) is 13.0 Å². The minimum Gasteiger partial charge on any atom is -0.366 e. The molecule has 1 N–H and O–H groups in total. The Labute approximate surface area is 138 Å². The summed E-state index contributed by atoms with van der Waals surface area (Å²) >= 11 is 9.00. The van der Waals surface area contributed by atoms with Gasteiger partial charge in [-0.2, -0.15) is 9.37 Å². The van der Waals surface area contributed by atoms with E-state index in [9.17, 15) is 13.9 Å². The van der Waals surface area contributed by atoms with E-state index < -0.39 is 17.7 Å². The molecule has 1 aliphatic heterocycles. The average molecular weight is 394 g/mol. The Balaban J connectivity index is 2.21. The number of fused-ring (bicyclic) bond motifs is 1. The third-order valence-corrected chi connectivity index (χ3v) is 5.02. The van der Waals surface area contributed by atoms with E-state index in [4.69, 9.17) is 16.3 Å². The monoisotopic (exact) mass is 392 g/mol. The van der Waals surface area contributed by atoms with Crippen molar-refractivity contribution in [2.24, 2.45) is 0 Å². The number of hydrogen-bond donors (Lipinski definition) is 1. The Bertz CT molecular complexity index is 757. The second-order valence-electron chi connectivity index (χ2n) is 5.47. The van der Waals surface area contributed by atoms with E-state index in [1.807, 2.05) is 0 Å². The van der Waals surface area contributed by atoms with Crippen LogP contribution in [0.4, 0.5) is 8.78 Å². The molecular weight excluding hydrogens is 382 g/mol. The van der Waals surface area contributed by atoms with Crippen LogP contribution >= 0.6 is 27.5 Å². The summed E-state index contributed by atoms with van der Waals surface area (Å²) in [5, 5.41) is 10.5. The Kier molecular flexibility index (Phi) is 4.09. The molecule has 1 saturated heterocycles. The Hall–Kier alpha value is -0.890. The highest BCUT2D eigenvalue weighted by Crippen LogP contribution is 2.39. The fourth-order valence-electron chi connectivity index (χ4n) is 2.75. The molecule has 2 aromatic rings. The predicted octanol–water partition coefficient (Wildman–Crippen LogP) is 3.93. The highest BCUT2D eigenvalue weighted by atomic mass is 79.9. The number of hydrogen-bond acceptors (Lipinski definition) is 4. The van der Waals surface area contributed by atoms with Gasteiger partial charge in [0.15, 0.2) is 11.6 Å². The largest absolute Gasteiger partial charge is 0.366 e. The maximum absolute atomic E-state index is 14.3. The lowest BCUT2D eigenvalue weighted by Gasteiger charge is -2.34. The summed E-state index contributed by atoms with van der Waals surface area (Å²) in [6.45, 7) is 1.83. The smallest absolute Gasteiger partial charge is 0.309 e. The number of halogens is 4. The molecule has 2 unspecified atom stereocenters. The molecule has 3 rings (SSSR count). The van der Waals surface area contributed by atoms with E-state index in [-0.39, 0.29) is 27.4 Å². The molecule has 1 aromatic heterocycles. The van der Waals surface area contributed by atoms with Gasteiger partial charge in [0, 0.05) is 17.7 Å². The van der Waals surface area contributed by atoms with Crippen LogP contribution in [0, 0.1) is 11.9 Å². The van der Waals surface area contributed by atoms with E-state index in [1.54, 1.807) is 0 Å². The highest BCUT2D eigenvalue weighted by Gasteiger charge is 2.34. The van der Waals surface area contributed by atoms with E-state index in [2.05, 4.69) is 25.9 Å². The van der Waals surface area contributed by atoms with Gasteiger partial charge >= 0.3 is 6.08 Å². The normalized spacial score (nSPS) is 25.6. The van der Waals surface area contributed by atoms with Gasteiger partial charge in [0.2, 0.25) is 0 Å². The van der Waals surface area contributed by atoms with Crippen molar-refractivity contribution in [1.82, 2.24) is 9.97 Å². The number of aromatic nitrogens is 2. The zero-order chi connectivity index (χ0) is 16.1. The molecule has 1 aromatic carbocycles. The first-order chi connectivity index (χ1) is 10.3. The topological polar surface area (TPSA) is 55.2 Å². The summed E-state index contributed by atoms with van der Waals surface area (Å²) in [7, 11) is 0. The first-order valence-electron chi connectivity index (χ1n) is 6.65. The summed E-state index contributed by atoms with van der Waals surface area (Å²) in [5.74, 6) is -2.33. The van der Waals surface area contributed by atoms with Crippen LogP contribution in [0.3, 0.4) is 0 Å². The van der Waals surface area contributed by atoms with Crippen molar-refractivity contribution < 1.29 is 18.6 Å². The summed E-state index contributed by atoms with van der Waals surface area (Å²) < 4.78 is 33.3. The van der Waals surface area contributed by atoms with Crippen molar-refractivity contribution in [1.29, 1.82) is 0 Å². The fraction of sp³-hybridized carbons (Fsp3) is 0.429. The van der Waals surface area contributed by atoms with Crippen LogP contribution in [-0.4, -0.2) is 27.5 Å². The molecule has 0 bridgehead atoms. The van der Waals surface area contributed by atoms with Crippen LogP contribution in [-0.2, 0) is 4.74 Å². The number of benzene rings is 1. The van der Waals surface area contributed by atoms with Crippen LogP contribution in [0.15, 0.2) is 10.5 Å². The molecule has 118 valence electrons. The fourth-order valence-corrected chi connectivity index (χ4v) is 3.25. The maximum Gasteiger partial charge on any atom is 0.309 e. The first-order valence-corrected chi connectivity index (χ1v) is 7.82. The van der Waals surface area contributed by atoms with Crippen molar-refractivity contribution >= 4 is 38.4 Å². The third kappa shape index (κ3) is 2.82. The quantitative estimate of drug-likeness (QED) is 0.589. The summed E-state index contributed by atoms with van der Waals surface area (Å²) in [5.41, 5.74) is 0.198. The summed E-state index contributed by atoms with van der Waals surface area (Å²) in [6, 6.07) is 1.50. The molecule has 1 fully saturated rings. The molecular formula is C14H12BrClF2N2O2. The van der Waals surface area contributed by atoms with Gasteiger partial charge in [-0.1, -0.05) is 11.6 Å². The van der Waals surface area contributed by atoms with Gasteiger partial charge in [-0.25, -0.2) is 9.37 Å². The lowest BCUT2D eigenvalue weighted by atomic mass is 9.89. The van der Waals surface area contributed by atoms with Crippen LogP contribution in [0.25, 0.3) is 10.9 Å². The van der Waals surface area contributed by atoms with Gasteiger partial charge in [0.1, 0.15) is 5.52 Å². The minimum absolute atomic E-state index is 0.0321. The van der Waals surface area contributed by atoms with Gasteiger partial charge in [-0.3, -0.25) is 0 Å². The number of nitrogens with zero attached hydrogens (tertiary/aromatic N) is 2. The van der Waals surface area contributed by atoms with Crippen molar-refractivity contribution in [2.45, 2.75) is 31.5 Å². The molecule has 2 atom stereocenters. The van der Waals surface area contributed by atoms with Crippen LogP contribution < -0.4 is 0 Å². The van der Waals surface area contributed by atoms with Crippen molar-refractivity contribution in [2.75, 3.05) is 6.61 Å². The van der Waals surface area contributed by atoms with E-state index in [0.717, 1.165) is 0 Å². The standard InChI is InChI=1S/C14H12BrClF2N2O2/c1-14(21)5-6(2-3-22-14)11-7-4-8(16)9(15)10(17)12(7)20-13(18)19-11/h4,6,21H,2-3,5H2,1H3. The van der Waals surface area contributed by atoms with Crippen molar-refractivity contribution in [3.05, 3.63) is 33.2 Å². The summed E-state index contributed by atoms with van der Waals surface area (Å²) in [4.78, 5) is 7.35. The maximum atomic E-state index is 14.3.